The molecule has 0 radical (unpaired) electrons. The summed E-state index contributed by atoms with van der Waals surface area (Å²) >= 11 is 3.49. The number of piperazine rings is 1. The number of amides is 1. The van der Waals surface area contributed by atoms with E-state index in [2.05, 4.69) is 51.1 Å². The smallest absolute Gasteiger partial charge is 0.273 e. The maximum absolute atomic E-state index is 12.8. The molecular weight excluding hydrogens is 384 g/mol. The van der Waals surface area contributed by atoms with Gasteiger partial charge in [-0.05, 0) is 36.7 Å². The lowest BCUT2D eigenvalue weighted by Gasteiger charge is -2.34. The van der Waals surface area contributed by atoms with Crippen LogP contribution in [0.5, 0.6) is 0 Å². The zero-order valence-electron chi connectivity index (χ0n) is 15.3. The van der Waals surface area contributed by atoms with E-state index in [4.69, 9.17) is 0 Å². The molecule has 1 fully saturated rings. The molecule has 136 valence electrons. The first-order valence-corrected chi connectivity index (χ1v) is 9.43. The average Bonchev–Trinajstić information content (AvgIpc) is 3.07. The summed E-state index contributed by atoms with van der Waals surface area (Å²) in [4.78, 5) is 17.1. The van der Waals surface area contributed by atoms with Crippen molar-refractivity contribution in [3.63, 3.8) is 0 Å². The van der Waals surface area contributed by atoms with Crippen molar-refractivity contribution in [3.8, 4) is 0 Å². The molecule has 3 rings (SSSR count). The zero-order chi connectivity index (χ0) is 18.1. The van der Waals surface area contributed by atoms with Crippen LogP contribution in [0.4, 0.5) is 0 Å². The average molecular weight is 409 g/mol. The standard InChI is InChI=1S/C17H25BrN6O/c1-5-24-11-14(12(2)20-24)10-22-6-8-23(9-7-22)17(25)16-15(18)13(3)19-21(16)4/h11H,5-10H2,1-4H3. The quantitative estimate of drug-likeness (QED) is 0.775. The molecule has 3 heterocycles. The van der Waals surface area contributed by atoms with Crippen LogP contribution in [0.2, 0.25) is 0 Å². The Morgan fingerprint density at radius 1 is 1.16 bits per heavy atom. The van der Waals surface area contributed by atoms with Crippen molar-refractivity contribution in [2.24, 2.45) is 7.05 Å². The maximum atomic E-state index is 12.8. The normalized spacial score (nSPS) is 15.8. The molecule has 0 saturated carbocycles. The van der Waals surface area contributed by atoms with Gasteiger partial charge >= 0.3 is 0 Å². The fourth-order valence-corrected chi connectivity index (χ4v) is 3.75. The van der Waals surface area contributed by atoms with Gasteiger partial charge in [0.2, 0.25) is 0 Å². The molecule has 0 atom stereocenters. The summed E-state index contributed by atoms with van der Waals surface area (Å²) in [6.45, 7) is 11.0. The van der Waals surface area contributed by atoms with Crippen molar-refractivity contribution < 1.29 is 4.79 Å². The fraction of sp³-hybridized carbons (Fsp3) is 0.588. The number of carbonyl (C=O) groups excluding carboxylic acids is 1. The number of nitrogens with zero attached hydrogens (tertiary/aromatic N) is 6. The lowest BCUT2D eigenvalue weighted by molar-refractivity contribution is 0.0616. The van der Waals surface area contributed by atoms with E-state index in [-0.39, 0.29) is 5.91 Å². The Bertz CT molecular complexity index is 772. The highest BCUT2D eigenvalue weighted by molar-refractivity contribution is 9.10. The molecule has 1 aliphatic heterocycles. The minimum Gasteiger partial charge on any atom is -0.335 e. The largest absolute Gasteiger partial charge is 0.335 e. The molecule has 8 heteroatoms. The third-order valence-corrected chi connectivity index (χ3v) is 5.73. The van der Waals surface area contributed by atoms with Crippen LogP contribution in [-0.2, 0) is 20.1 Å². The Balaban J connectivity index is 1.61. The van der Waals surface area contributed by atoms with Gasteiger partial charge in [-0.25, -0.2) is 0 Å². The van der Waals surface area contributed by atoms with Crippen LogP contribution in [0, 0.1) is 13.8 Å². The van der Waals surface area contributed by atoms with Crippen molar-refractivity contribution in [2.45, 2.75) is 33.9 Å². The number of rotatable bonds is 4. The number of carbonyl (C=O) groups is 1. The molecule has 2 aromatic heterocycles. The number of aromatic nitrogens is 4. The van der Waals surface area contributed by atoms with Crippen LogP contribution in [-0.4, -0.2) is 61.4 Å². The molecule has 7 nitrogen and oxygen atoms in total. The van der Waals surface area contributed by atoms with E-state index in [1.165, 1.54) is 5.56 Å². The summed E-state index contributed by atoms with van der Waals surface area (Å²) in [5, 5.41) is 8.83. The molecule has 0 aromatic carbocycles. The van der Waals surface area contributed by atoms with E-state index in [0.717, 1.165) is 55.1 Å². The first-order chi connectivity index (χ1) is 11.9. The third kappa shape index (κ3) is 3.64. The van der Waals surface area contributed by atoms with E-state index in [0.29, 0.717) is 5.69 Å². The molecule has 0 unspecified atom stereocenters. The van der Waals surface area contributed by atoms with Crippen molar-refractivity contribution in [2.75, 3.05) is 26.2 Å². The topological polar surface area (TPSA) is 59.2 Å². The van der Waals surface area contributed by atoms with E-state index in [1.807, 2.05) is 23.6 Å². The van der Waals surface area contributed by atoms with E-state index in [9.17, 15) is 4.79 Å². The highest BCUT2D eigenvalue weighted by atomic mass is 79.9. The van der Waals surface area contributed by atoms with Gasteiger partial charge in [-0.1, -0.05) is 0 Å². The van der Waals surface area contributed by atoms with Crippen LogP contribution < -0.4 is 0 Å². The van der Waals surface area contributed by atoms with Crippen LogP contribution in [0.3, 0.4) is 0 Å². The van der Waals surface area contributed by atoms with Gasteiger partial charge in [0.05, 0.1) is 15.9 Å². The predicted molar refractivity (Wildman–Crippen MR) is 99.5 cm³/mol. The highest BCUT2D eigenvalue weighted by Crippen LogP contribution is 2.22. The Morgan fingerprint density at radius 2 is 1.84 bits per heavy atom. The third-order valence-electron chi connectivity index (χ3n) is 4.78. The van der Waals surface area contributed by atoms with E-state index < -0.39 is 0 Å². The monoisotopic (exact) mass is 408 g/mol. The summed E-state index contributed by atoms with van der Waals surface area (Å²) < 4.78 is 4.44. The molecule has 1 amide bonds. The van der Waals surface area contributed by atoms with Gasteiger partial charge < -0.3 is 4.90 Å². The van der Waals surface area contributed by atoms with Crippen molar-refractivity contribution in [1.29, 1.82) is 0 Å². The number of aryl methyl sites for hydroxylation is 4. The van der Waals surface area contributed by atoms with Gasteiger partial charge in [0.25, 0.3) is 5.91 Å². The Morgan fingerprint density at radius 3 is 2.36 bits per heavy atom. The molecule has 0 aliphatic carbocycles. The van der Waals surface area contributed by atoms with E-state index in [1.54, 1.807) is 4.68 Å². The number of halogens is 1. The minimum absolute atomic E-state index is 0.0459. The molecule has 2 aromatic rings. The summed E-state index contributed by atoms with van der Waals surface area (Å²) in [6.07, 6.45) is 2.13. The predicted octanol–water partition coefficient (Wildman–Crippen LogP) is 1.97. The van der Waals surface area contributed by atoms with Gasteiger partial charge in [0, 0.05) is 58.1 Å². The number of hydrogen-bond donors (Lipinski definition) is 0. The molecule has 25 heavy (non-hydrogen) atoms. The molecule has 0 spiro atoms. The SMILES string of the molecule is CCn1cc(CN2CCN(C(=O)c3c(Br)c(C)nn3C)CC2)c(C)n1. The second kappa shape index (κ2) is 7.29. The molecule has 0 N–H and O–H groups in total. The maximum Gasteiger partial charge on any atom is 0.273 e. The molecule has 1 saturated heterocycles. The van der Waals surface area contributed by atoms with Crippen molar-refractivity contribution in [3.05, 3.63) is 33.3 Å². The van der Waals surface area contributed by atoms with Gasteiger partial charge in [-0.2, -0.15) is 10.2 Å². The van der Waals surface area contributed by atoms with Crippen LogP contribution >= 0.6 is 15.9 Å². The summed E-state index contributed by atoms with van der Waals surface area (Å²) in [7, 11) is 1.81. The van der Waals surface area contributed by atoms with Crippen LogP contribution in [0.25, 0.3) is 0 Å². The molecule has 0 bridgehead atoms. The second-order valence-corrected chi connectivity index (χ2v) is 7.33. The Labute approximate surface area is 156 Å². The van der Waals surface area contributed by atoms with Gasteiger partial charge in [0.1, 0.15) is 5.69 Å². The second-order valence-electron chi connectivity index (χ2n) is 6.54. The van der Waals surface area contributed by atoms with Crippen LogP contribution in [0.15, 0.2) is 10.7 Å². The van der Waals surface area contributed by atoms with Crippen molar-refractivity contribution in [1.82, 2.24) is 29.4 Å². The first kappa shape index (κ1) is 18.1. The van der Waals surface area contributed by atoms with Gasteiger partial charge in [0.15, 0.2) is 0 Å². The van der Waals surface area contributed by atoms with E-state index >= 15 is 0 Å². The minimum atomic E-state index is 0.0459. The van der Waals surface area contributed by atoms with Crippen LogP contribution in [0.1, 0.15) is 34.4 Å². The highest BCUT2D eigenvalue weighted by Gasteiger charge is 2.27. The number of hydrogen-bond acceptors (Lipinski definition) is 4. The summed E-state index contributed by atoms with van der Waals surface area (Å²) in [5.41, 5.74) is 3.83. The van der Waals surface area contributed by atoms with Gasteiger partial charge in [-0.3, -0.25) is 19.1 Å². The van der Waals surface area contributed by atoms with Crippen molar-refractivity contribution >= 4 is 21.8 Å². The lowest BCUT2D eigenvalue weighted by atomic mass is 10.2. The summed E-state index contributed by atoms with van der Waals surface area (Å²) in [5.74, 6) is 0.0459. The molecule has 1 aliphatic rings. The Kier molecular flexibility index (Phi) is 5.29. The molecular formula is C17H25BrN6O. The lowest BCUT2D eigenvalue weighted by Crippen LogP contribution is -2.48. The van der Waals surface area contributed by atoms with Gasteiger partial charge in [-0.15, -0.1) is 0 Å². The fourth-order valence-electron chi connectivity index (χ4n) is 3.24. The zero-order valence-corrected chi connectivity index (χ0v) is 16.9. The first-order valence-electron chi connectivity index (χ1n) is 8.64. The summed E-state index contributed by atoms with van der Waals surface area (Å²) in [6, 6.07) is 0. The Hall–Kier alpha value is -1.67.